The van der Waals surface area contributed by atoms with E-state index in [1.165, 1.54) is 7.11 Å². The summed E-state index contributed by atoms with van der Waals surface area (Å²) in [4.78, 5) is 26.1. The lowest BCUT2D eigenvalue weighted by Crippen LogP contribution is -2.36. The van der Waals surface area contributed by atoms with Crippen molar-refractivity contribution in [1.82, 2.24) is 0 Å². The van der Waals surface area contributed by atoms with Gasteiger partial charge in [-0.15, -0.1) is 0 Å². The number of rotatable bonds is 5. The molecule has 0 saturated carbocycles. The van der Waals surface area contributed by atoms with Crippen LogP contribution in [0.5, 0.6) is 0 Å². The fourth-order valence-electron chi connectivity index (χ4n) is 2.85. The van der Waals surface area contributed by atoms with Crippen molar-refractivity contribution in [2.75, 3.05) is 18.6 Å². The number of nitrogens with zero attached hydrogens (tertiary/aromatic N) is 1. The molecule has 114 valence electrons. The number of ether oxygens (including phenoxy) is 1. The highest BCUT2D eigenvalue weighted by molar-refractivity contribution is 5.98. The molecule has 0 atom stereocenters. The Morgan fingerprint density at radius 1 is 1.29 bits per heavy atom. The molecule has 0 aromatic heterocycles. The lowest BCUT2D eigenvalue weighted by molar-refractivity contribution is -0.118. The van der Waals surface area contributed by atoms with Crippen molar-refractivity contribution in [1.29, 1.82) is 0 Å². The highest BCUT2D eigenvalue weighted by Gasteiger charge is 2.25. The van der Waals surface area contributed by atoms with Gasteiger partial charge in [0.05, 0.1) is 12.7 Å². The first-order valence-corrected chi connectivity index (χ1v) is 7.69. The van der Waals surface area contributed by atoms with E-state index in [0.717, 1.165) is 49.9 Å². The minimum atomic E-state index is -0.327. The first-order chi connectivity index (χ1) is 10.2. The molecule has 4 nitrogen and oxygen atoms in total. The molecule has 0 radical (unpaired) electrons. The summed E-state index contributed by atoms with van der Waals surface area (Å²) in [5.74, 6) is -0.168. The quantitative estimate of drug-likeness (QED) is 0.617. The van der Waals surface area contributed by atoms with Crippen LogP contribution in [0.2, 0.25) is 0 Å². The number of esters is 1. The molecule has 1 aliphatic heterocycles. The van der Waals surface area contributed by atoms with Gasteiger partial charge < -0.3 is 9.64 Å². The Morgan fingerprint density at radius 2 is 2.10 bits per heavy atom. The Labute approximate surface area is 126 Å². The van der Waals surface area contributed by atoms with Crippen LogP contribution in [0.15, 0.2) is 18.2 Å². The zero-order valence-corrected chi connectivity index (χ0v) is 12.9. The highest BCUT2D eigenvalue weighted by atomic mass is 16.5. The zero-order valence-electron chi connectivity index (χ0n) is 12.9. The maximum absolute atomic E-state index is 12.4. The first-order valence-electron chi connectivity index (χ1n) is 7.69. The van der Waals surface area contributed by atoms with Crippen molar-refractivity contribution >= 4 is 17.6 Å². The molecular formula is C17H23NO3. The second-order valence-electron chi connectivity index (χ2n) is 5.40. The number of carbonyl (C=O) groups excluding carboxylic acids is 2. The van der Waals surface area contributed by atoms with E-state index in [1.807, 2.05) is 17.0 Å². The summed E-state index contributed by atoms with van der Waals surface area (Å²) in [7, 11) is 1.39. The van der Waals surface area contributed by atoms with Gasteiger partial charge in [-0.2, -0.15) is 0 Å². The third-order valence-electron chi connectivity index (χ3n) is 3.95. The SMILES string of the molecule is CCCCCC(=O)N1CCCc2c(C(=O)OC)cccc21. The number of anilines is 1. The van der Waals surface area contributed by atoms with E-state index in [2.05, 4.69) is 6.92 Å². The highest BCUT2D eigenvalue weighted by Crippen LogP contribution is 2.31. The molecule has 4 heteroatoms. The standard InChI is InChI=1S/C17H23NO3/c1-3-4-5-11-16(19)18-12-7-9-13-14(17(20)21-2)8-6-10-15(13)18/h6,8,10H,3-5,7,9,11-12H2,1-2H3. The van der Waals surface area contributed by atoms with Crippen LogP contribution in [0.25, 0.3) is 0 Å². The van der Waals surface area contributed by atoms with E-state index < -0.39 is 0 Å². The molecule has 0 N–H and O–H groups in total. The molecule has 1 amide bonds. The summed E-state index contributed by atoms with van der Waals surface area (Å²) in [6.45, 7) is 2.87. The molecule has 0 bridgehead atoms. The van der Waals surface area contributed by atoms with Gasteiger partial charge >= 0.3 is 5.97 Å². The Balaban J connectivity index is 2.23. The lowest BCUT2D eigenvalue weighted by atomic mass is 9.96. The van der Waals surface area contributed by atoms with E-state index in [4.69, 9.17) is 4.74 Å². The first kappa shape index (κ1) is 15.5. The normalized spacial score (nSPS) is 13.7. The van der Waals surface area contributed by atoms with Crippen molar-refractivity contribution in [2.24, 2.45) is 0 Å². The van der Waals surface area contributed by atoms with Crippen molar-refractivity contribution in [3.05, 3.63) is 29.3 Å². The number of carbonyl (C=O) groups is 2. The smallest absolute Gasteiger partial charge is 0.338 e. The molecular weight excluding hydrogens is 266 g/mol. The molecule has 2 rings (SSSR count). The topological polar surface area (TPSA) is 46.6 Å². The fourth-order valence-corrected chi connectivity index (χ4v) is 2.85. The maximum Gasteiger partial charge on any atom is 0.338 e. The number of hydrogen-bond acceptors (Lipinski definition) is 3. The van der Waals surface area contributed by atoms with E-state index in [9.17, 15) is 9.59 Å². The largest absolute Gasteiger partial charge is 0.465 e. The van der Waals surface area contributed by atoms with Crippen LogP contribution in [0.4, 0.5) is 5.69 Å². The molecule has 0 fully saturated rings. The molecule has 1 aromatic rings. The average Bonchev–Trinajstić information content (AvgIpc) is 2.53. The van der Waals surface area contributed by atoms with Crippen molar-refractivity contribution in [2.45, 2.75) is 45.4 Å². The molecule has 21 heavy (non-hydrogen) atoms. The molecule has 0 unspecified atom stereocenters. The number of unbranched alkanes of at least 4 members (excludes halogenated alkanes) is 2. The monoisotopic (exact) mass is 289 g/mol. The van der Waals surface area contributed by atoms with Crippen LogP contribution >= 0.6 is 0 Å². The number of amides is 1. The van der Waals surface area contributed by atoms with Crippen molar-refractivity contribution < 1.29 is 14.3 Å². The van der Waals surface area contributed by atoms with E-state index >= 15 is 0 Å². The van der Waals surface area contributed by atoms with Gasteiger partial charge in [0, 0.05) is 18.7 Å². The third kappa shape index (κ3) is 3.43. The van der Waals surface area contributed by atoms with E-state index in [0.29, 0.717) is 12.0 Å². The second-order valence-corrected chi connectivity index (χ2v) is 5.40. The minimum absolute atomic E-state index is 0.159. The average molecular weight is 289 g/mol. The van der Waals surface area contributed by atoms with Gasteiger partial charge in [0.1, 0.15) is 0 Å². The van der Waals surface area contributed by atoms with Crippen LogP contribution in [0, 0.1) is 0 Å². The van der Waals surface area contributed by atoms with E-state index in [-0.39, 0.29) is 11.9 Å². The van der Waals surface area contributed by atoms with Crippen molar-refractivity contribution in [3.63, 3.8) is 0 Å². The lowest BCUT2D eigenvalue weighted by Gasteiger charge is -2.30. The second kappa shape index (κ2) is 7.25. The molecule has 0 spiro atoms. The summed E-state index contributed by atoms with van der Waals surface area (Å²) in [5, 5.41) is 0. The van der Waals surface area contributed by atoms with Crippen molar-refractivity contribution in [3.8, 4) is 0 Å². The Hall–Kier alpha value is -1.84. The Bertz CT molecular complexity index is 525. The van der Waals surface area contributed by atoms with Gasteiger partial charge in [-0.05, 0) is 37.0 Å². The number of benzene rings is 1. The molecule has 1 heterocycles. The summed E-state index contributed by atoms with van der Waals surface area (Å²) in [6, 6.07) is 5.52. The van der Waals surface area contributed by atoms with Crippen LogP contribution in [-0.4, -0.2) is 25.5 Å². The molecule has 1 aromatic carbocycles. The van der Waals surface area contributed by atoms with E-state index in [1.54, 1.807) is 6.07 Å². The van der Waals surface area contributed by atoms with Gasteiger partial charge in [-0.25, -0.2) is 4.79 Å². The Morgan fingerprint density at radius 3 is 2.81 bits per heavy atom. The fraction of sp³-hybridized carbons (Fsp3) is 0.529. The van der Waals surface area contributed by atoms with Gasteiger partial charge in [0.25, 0.3) is 0 Å². The summed E-state index contributed by atoms with van der Waals surface area (Å²) in [5.41, 5.74) is 2.41. The molecule has 1 aliphatic rings. The number of hydrogen-bond donors (Lipinski definition) is 0. The summed E-state index contributed by atoms with van der Waals surface area (Å²) in [6.07, 6.45) is 5.40. The predicted molar refractivity (Wildman–Crippen MR) is 82.6 cm³/mol. The van der Waals surface area contributed by atoms with Crippen LogP contribution in [0.3, 0.4) is 0 Å². The maximum atomic E-state index is 12.4. The van der Waals surface area contributed by atoms with Crippen LogP contribution < -0.4 is 4.90 Å². The zero-order chi connectivity index (χ0) is 15.2. The Kier molecular flexibility index (Phi) is 5.37. The summed E-state index contributed by atoms with van der Waals surface area (Å²) < 4.78 is 4.84. The van der Waals surface area contributed by atoms with Gasteiger partial charge in [-0.3, -0.25) is 4.79 Å². The minimum Gasteiger partial charge on any atom is -0.465 e. The van der Waals surface area contributed by atoms with Gasteiger partial charge in [0.2, 0.25) is 5.91 Å². The van der Waals surface area contributed by atoms with Gasteiger partial charge in [0.15, 0.2) is 0 Å². The molecule has 0 saturated heterocycles. The van der Waals surface area contributed by atoms with Crippen LogP contribution in [0.1, 0.15) is 54.9 Å². The molecule has 0 aliphatic carbocycles. The number of methoxy groups -OCH3 is 1. The summed E-state index contributed by atoms with van der Waals surface area (Å²) >= 11 is 0. The third-order valence-corrected chi connectivity index (χ3v) is 3.95. The van der Waals surface area contributed by atoms with Gasteiger partial charge in [-0.1, -0.05) is 25.8 Å². The predicted octanol–water partition coefficient (Wildman–Crippen LogP) is 3.33. The number of fused-ring (bicyclic) bond motifs is 1. The van der Waals surface area contributed by atoms with Crippen LogP contribution in [-0.2, 0) is 16.0 Å².